The summed E-state index contributed by atoms with van der Waals surface area (Å²) in [7, 11) is 2.94. The number of nitrogens with one attached hydrogen (secondary N) is 3. The Labute approximate surface area is 167 Å². The molecule has 3 rings (SSSR count). The summed E-state index contributed by atoms with van der Waals surface area (Å²) in [6.07, 6.45) is 0.554. The molecule has 1 aliphatic rings. The third kappa shape index (κ3) is 4.16. The molecule has 1 aliphatic heterocycles. The minimum Gasteiger partial charge on any atom is -0.496 e. The van der Waals surface area contributed by atoms with Crippen molar-refractivity contribution in [1.29, 1.82) is 0 Å². The number of amides is 1. The number of benzene rings is 1. The second kappa shape index (κ2) is 8.68. The van der Waals surface area contributed by atoms with Gasteiger partial charge in [-0.2, -0.15) is 0 Å². The molecule has 3 N–H and O–H groups in total. The van der Waals surface area contributed by atoms with E-state index in [1.165, 1.54) is 18.4 Å². The highest BCUT2D eigenvalue weighted by molar-refractivity contribution is 7.16. The first kappa shape index (κ1) is 20.2. The van der Waals surface area contributed by atoms with E-state index >= 15 is 0 Å². The Kier molecular flexibility index (Phi) is 6.28. The van der Waals surface area contributed by atoms with Crippen molar-refractivity contribution in [1.82, 2.24) is 15.8 Å². The molecule has 28 heavy (non-hydrogen) atoms. The lowest BCUT2D eigenvalue weighted by molar-refractivity contribution is -0.117. The van der Waals surface area contributed by atoms with Gasteiger partial charge in [-0.1, -0.05) is 32.0 Å². The number of hydrogen-bond donors (Lipinski definition) is 3. The van der Waals surface area contributed by atoms with Gasteiger partial charge in [-0.3, -0.25) is 4.79 Å². The zero-order valence-electron chi connectivity index (χ0n) is 16.2. The molecule has 2 heterocycles. The number of hydrogen-bond acceptors (Lipinski definition) is 8. The Bertz CT molecular complexity index is 867. The predicted octanol–water partition coefficient (Wildman–Crippen LogP) is 2.61. The van der Waals surface area contributed by atoms with E-state index in [0.717, 1.165) is 16.2 Å². The van der Waals surface area contributed by atoms with E-state index in [4.69, 9.17) is 9.47 Å². The van der Waals surface area contributed by atoms with Crippen molar-refractivity contribution in [2.75, 3.05) is 19.5 Å². The van der Waals surface area contributed by atoms with E-state index < -0.39 is 12.0 Å². The number of thiazole rings is 1. The van der Waals surface area contributed by atoms with Gasteiger partial charge in [-0.15, -0.1) is 11.3 Å². The summed E-state index contributed by atoms with van der Waals surface area (Å²) in [6.45, 7) is 3.93. The number of esters is 1. The van der Waals surface area contributed by atoms with Crippen molar-refractivity contribution >= 4 is 28.3 Å². The lowest BCUT2D eigenvalue weighted by atomic mass is 10.0. The van der Waals surface area contributed by atoms with Crippen LogP contribution in [0.1, 0.15) is 53.2 Å². The largest absolute Gasteiger partial charge is 0.496 e. The van der Waals surface area contributed by atoms with Crippen LogP contribution < -0.4 is 20.9 Å². The maximum atomic E-state index is 12.7. The zero-order valence-corrected chi connectivity index (χ0v) is 17.1. The third-order valence-electron chi connectivity index (χ3n) is 4.52. The second-order valence-electron chi connectivity index (χ2n) is 6.74. The Morgan fingerprint density at radius 1 is 1.25 bits per heavy atom. The molecule has 1 fully saturated rings. The fourth-order valence-corrected chi connectivity index (χ4v) is 4.06. The molecule has 1 aromatic heterocycles. The topological polar surface area (TPSA) is 102 Å². The minimum atomic E-state index is -0.502. The number of hydrazine groups is 1. The molecule has 1 aromatic carbocycles. The van der Waals surface area contributed by atoms with Gasteiger partial charge in [-0.05, 0) is 18.4 Å². The van der Waals surface area contributed by atoms with E-state index in [2.05, 4.69) is 21.2 Å². The molecule has 1 saturated heterocycles. The Balaban J connectivity index is 1.70. The number of rotatable bonds is 6. The van der Waals surface area contributed by atoms with Crippen LogP contribution in [0.25, 0.3) is 0 Å². The number of aromatic nitrogens is 1. The van der Waals surface area contributed by atoms with Crippen molar-refractivity contribution in [3.63, 3.8) is 0 Å². The highest BCUT2D eigenvalue weighted by Crippen LogP contribution is 2.32. The predicted molar refractivity (Wildman–Crippen MR) is 107 cm³/mol. The summed E-state index contributed by atoms with van der Waals surface area (Å²) in [5, 5.41) is 3.19. The average Bonchev–Trinajstić information content (AvgIpc) is 3.35. The number of para-hydroxylation sites is 1. The molecule has 1 amide bonds. The Hall–Kier alpha value is -2.49. The van der Waals surface area contributed by atoms with Gasteiger partial charge >= 0.3 is 5.97 Å². The smallest absolute Gasteiger partial charge is 0.357 e. The number of nitrogens with zero attached hydrogens (tertiary/aromatic N) is 1. The molecule has 0 aliphatic carbocycles. The summed E-state index contributed by atoms with van der Waals surface area (Å²) in [5.41, 5.74) is 7.40. The molecule has 0 spiro atoms. The lowest BCUT2D eigenvalue weighted by Crippen LogP contribution is -2.39. The maximum Gasteiger partial charge on any atom is 0.357 e. The van der Waals surface area contributed by atoms with Crippen LogP contribution in [0, 0.1) is 0 Å². The van der Waals surface area contributed by atoms with Crippen LogP contribution in [0.2, 0.25) is 0 Å². The summed E-state index contributed by atoms with van der Waals surface area (Å²) >= 11 is 1.29. The number of ether oxygens (including phenoxy) is 2. The van der Waals surface area contributed by atoms with Crippen molar-refractivity contribution in [3.8, 4) is 5.75 Å². The van der Waals surface area contributed by atoms with E-state index in [9.17, 15) is 9.59 Å². The van der Waals surface area contributed by atoms with Crippen molar-refractivity contribution < 1.29 is 19.1 Å². The molecule has 2 atom stereocenters. The van der Waals surface area contributed by atoms with Gasteiger partial charge in [0.1, 0.15) is 11.8 Å². The molecule has 150 valence electrons. The van der Waals surface area contributed by atoms with Gasteiger partial charge in [0.2, 0.25) is 5.91 Å². The molecular weight excluding hydrogens is 380 g/mol. The summed E-state index contributed by atoms with van der Waals surface area (Å²) in [6, 6.07) is 7.20. The Morgan fingerprint density at radius 2 is 2.00 bits per heavy atom. The van der Waals surface area contributed by atoms with Gasteiger partial charge in [-0.25, -0.2) is 20.6 Å². The van der Waals surface area contributed by atoms with Gasteiger partial charge < -0.3 is 14.8 Å². The maximum absolute atomic E-state index is 12.7. The van der Waals surface area contributed by atoms with Crippen molar-refractivity contribution in [3.05, 3.63) is 40.4 Å². The van der Waals surface area contributed by atoms with Crippen LogP contribution in [0.3, 0.4) is 0 Å². The normalized spacial score (nSPS) is 18.9. The van der Waals surface area contributed by atoms with E-state index in [1.54, 1.807) is 7.11 Å². The average molecular weight is 404 g/mol. The number of anilines is 1. The fourth-order valence-electron chi connectivity index (χ4n) is 3.10. The molecule has 0 saturated carbocycles. The Morgan fingerprint density at radius 3 is 2.68 bits per heavy atom. The lowest BCUT2D eigenvalue weighted by Gasteiger charge is -2.13. The molecule has 9 heteroatoms. The van der Waals surface area contributed by atoms with Crippen molar-refractivity contribution in [2.45, 2.75) is 38.3 Å². The van der Waals surface area contributed by atoms with Crippen LogP contribution >= 0.6 is 11.3 Å². The minimum absolute atomic E-state index is 0.0555. The van der Waals surface area contributed by atoms with E-state index in [0.29, 0.717) is 11.6 Å². The van der Waals surface area contributed by atoms with Crippen LogP contribution in [0.4, 0.5) is 5.13 Å². The van der Waals surface area contributed by atoms with Crippen LogP contribution in [0.5, 0.6) is 5.75 Å². The molecule has 0 bridgehead atoms. The molecule has 2 unspecified atom stereocenters. The molecule has 2 aromatic rings. The fraction of sp³-hybridized carbons (Fsp3) is 0.421. The van der Waals surface area contributed by atoms with E-state index in [-0.39, 0.29) is 23.6 Å². The first-order chi connectivity index (χ1) is 13.4. The van der Waals surface area contributed by atoms with Gasteiger partial charge in [0, 0.05) is 10.4 Å². The quantitative estimate of drug-likeness (QED) is 0.636. The number of methoxy groups -OCH3 is 2. The van der Waals surface area contributed by atoms with E-state index in [1.807, 2.05) is 38.1 Å². The van der Waals surface area contributed by atoms with Gasteiger partial charge in [0.15, 0.2) is 10.8 Å². The van der Waals surface area contributed by atoms with Gasteiger partial charge in [0.25, 0.3) is 0 Å². The highest BCUT2D eigenvalue weighted by Gasteiger charge is 2.32. The monoisotopic (exact) mass is 404 g/mol. The molecular formula is C19H24N4O4S. The SMILES string of the molecule is COC(=O)c1nc(NC(=O)C2CC(c3ccccc3OC)NN2)sc1C(C)C. The number of carbonyl (C=O) groups is 2. The molecule has 8 nitrogen and oxygen atoms in total. The standard InChI is InChI=1S/C19H24N4O4S/c1-10(2)16-15(18(25)27-4)20-19(28-16)21-17(24)13-9-12(22-23-13)11-7-5-6-8-14(11)26-3/h5-8,10,12-13,22-23H,9H2,1-4H3,(H,20,21,24). The van der Waals surface area contributed by atoms with Crippen LogP contribution in [-0.4, -0.2) is 37.1 Å². The van der Waals surface area contributed by atoms with Crippen molar-refractivity contribution in [2.24, 2.45) is 0 Å². The summed E-state index contributed by atoms with van der Waals surface area (Å²) in [4.78, 5) is 29.7. The molecule has 0 radical (unpaired) electrons. The zero-order chi connectivity index (χ0) is 20.3. The van der Waals surface area contributed by atoms with Crippen LogP contribution in [0.15, 0.2) is 24.3 Å². The summed E-state index contributed by atoms with van der Waals surface area (Å²) in [5.74, 6) is 0.147. The number of carbonyl (C=O) groups excluding carboxylic acids is 2. The highest BCUT2D eigenvalue weighted by atomic mass is 32.1. The van der Waals surface area contributed by atoms with Gasteiger partial charge in [0.05, 0.1) is 20.3 Å². The second-order valence-corrected chi connectivity index (χ2v) is 7.77. The third-order valence-corrected chi connectivity index (χ3v) is 5.79. The summed E-state index contributed by atoms with van der Waals surface area (Å²) < 4.78 is 10.2. The van der Waals surface area contributed by atoms with Crippen LogP contribution in [-0.2, 0) is 9.53 Å². The first-order valence-electron chi connectivity index (χ1n) is 8.98. The first-order valence-corrected chi connectivity index (χ1v) is 9.80.